The zero-order chi connectivity index (χ0) is 21.8. The van der Waals surface area contributed by atoms with E-state index in [0.717, 1.165) is 21.9 Å². The highest BCUT2D eigenvalue weighted by Crippen LogP contribution is 2.62. The first kappa shape index (κ1) is 22.3. The van der Waals surface area contributed by atoms with Gasteiger partial charge in [-0.05, 0) is 21.9 Å². The molecule has 0 spiro atoms. The standard InChI is InChI=1S/C25H29O4P/c1-4-24(26)29-17-23(22-15-14-20-12-8-9-13-21(20)16-22)25(2,3)30(27,28)18-19-10-6-5-7-11-19/h5-16,23H,4,17-18H2,1-3H3,(H,27,28). The molecule has 0 aromatic heterocycles. The van der Waals surface area contributed by atoms with Crippen molar-refractivity contribution in [3.8, 4) is 0 Å². The Morgan fingerprint density at radius 2 is 1.63 bits per heavy atom. The Bertz CT molecular complexity index is 1060. The predicted octanol–water partition coefficient (Wildman–Crippen LogP) is 6.13. The van der Waals surface area contributed by atoms with Crippen LogP contribution in [0.25, 0.3) is 10.8 Å². The number of carbonyl (C=O) groups excluding carboxylic acids is 1. The predicted molar refractivity (Wildman–Crippen MR) is 122 cm³/mol. The van der Waals surface area contributed by atoms with Crippen molar-refractivity contribution >= 4 is 24.1 Å². The largest absolute Gasteiger partial charge is 0.465 e. The molecule has 158 valence electrons. The molecule has 0 aliphatic carbocycles. The molecule has 0 saturated carbocycles. The van der Waals surface area contributed by atoms with Crippen molar-refractivity contribution in [3.63, 3.8) is 0 Å². The van der Waals surface area contributed by atoms with Gasteiger partial charge in [0.2, 0.25) is 7.37 Å². The van der Waals surface area contributed by atoms with Gasteiger partial charge in [-0.25, -0.2) is 0 Å². The minimum Gasteiger partial charge on any atom is -0.465 e. The average Bonchev–Trinajstić information content (AvgIpc) is 2.73. The molecule has 0 aliphatic rings. The zero-order valence-corrected chi connectivity index (χ0v) is 18.6. The summed E-state index contributed by atoms with van der Waals surface area (Å²) >= 11 is 0. The molecule has 0 radical (unpaired) electrons. The first-order chi connectivity index (χ1) is 14.2. The molecule has 0 fully saturated rings. The molecule has 1 N–H and O–H groups in total. The van der Waals surface area contributed by atoms with Crippen molar-refractivity contribution < 1.29 is 19.0 Å². The zero-order valence-electron chi connectivity index (χ0n) is 17.7. The number of esters is 1. The topological polar surface area (TPSA) is 63.6 Å². The van der Waals surface area contributed by atoms with Gasteiger partial charge >= 0.3 is 5.97 Å². The van der Waals surface area contributed by atoms with E-state index < -0.39 is 18.4 Å². The Morgan fingerprint density at radius 1 is 1.00 bits per heavy atom. The molecule has 2 unspecified atom stereocenters. The molecular weight excluding hydrogens is 395 g/mol. The fourth-order valence-corrected chi connectivity index (χ4v) is 5.51. The Kier molecular flexibility index (Phi) is 6.80. The van der Waals surface area contributed by atoms with E-state index >= 15 is 0 Å². The molecule has 3 rings (SSSR count). The van der Waals surface area contributed by atoms with Gasteiger partial charge in [0, 0.05) is 12.3 Å². The van der Waals surface area contributed by atoms with Crippen molar-refractivity contribution in [2.45, 2.75) is 44.4 Å². The first-order valence-electron chi connectivity index (χ1n) is 10.2. The summed E-state index contributed by atoms with van der Waals surface area (Å²) in [5, 5.41) is 1.15. The highest BCUT2D eigenvalue weighted by atomic mass is 31.2. The van der Waals surface area contributed by atoms with E-state index in [4.69, 9.17) is 4.74 Å². The fourth-order valence-electron chi connectivity index (χ4n) is 3.69. The van der Waals surface area contributed by atoms with Gasteiger partial charge in [0.25, 0.3) is 0 Å². The number of fused-ring (bicyclic) bond motifs is 1. The van der Waals surface area contributed by atoms with Gasteiger partial charge in [-0.2, -0.15) is 0 Å². The molecule has 5 heteroatoms. The van der Waals surface area contributed by atoms with Crippen LogP contribution >= 0.6 is 7.37 Å². The molecule has 0 bridgehead atoms. The molecule has 3 aromatic rings. The third-order valence-corrected chi connectivity index (χ3v) is 8.78. The monoisotopic (exact) mass is 424 g/mol. The molecule has 0 heterocycles. The highest BCUT2D eigenvalue weighted by molar-refractivity contribution is 7.58. The van der Waals surface area contributed by atoms with E-state index in [1.165, 1.54) is 0 Å². The second kappa shape index (κ2) is 9.16. The van der Waals surface area contributed by atoms with E-state index in [2.05, 4.69) is 0 Å². The SMILES string of the molecule is CCC(=O)OCC(c1ccc2ccccc2c1)C(C)(C)P(=O)(O)Cc1ccccc1. The van der Waals surface area contributed by atoms with Crippen molar-refractivity contribution in [1.29, 1.82) is 0 Å². The van der Waals surface area contributed by atoms with Crippen molar-refractivity contribution in [2.75, 3.05) is 6.61 Å². The second-order valence-electron chi connectivity index (χ2n) is 8.19. The number of benzene rings is 3. The molecule has 30 heavy (non-hydrogen) atoms. The van der Waals surface area contributed by atoms with E-state index in [1.54, 1.807) is 20.8 Å². The van der Waals surface area contributed by atoms with Crippen LogP contribution in [0.3, 0.4) is 0 Å². The molecule has 2 atom stereocenters. The summed E-state index contributed by atoms with van der Waals surface area (Å²) in [6.07, 6.45) is 0.346. The first-order valence-corrected chi connectivity index (χ1v) is 12.1. The van der Waals surface area contributed by atoms with Crippen LogP contribution in [0.2, 0.25) is 0 Å². The maximum Gasteiger partial charge on any atom is 0.305 e. The Morgan fingerprint density at radius 3 is 2.30 bits per heavy atom. The minimum absolute atomic E-state index is 0.0668. The van der Waals surface area contributed by atoms with Gasteiger partial charge in [-0.3, -0.25) is 9.36 Å². The Balaban J connectivity index is 2.00. The summed E-state index contributed by atoms with van der Waals surface area (Å²) in [5.41, 5.74) is 1.71. The minimum atomic E-state index is -3.66. The number of ether oxygens (including phenoxy) is 1. The van der Waals surface area contributed by atoms with E-state index in [0.29, 0.717) is 0 Å². The van der Waals surface area contributed by atoms with Gasteiger partial charge in [0.05, 0.1) is 17.9 Å². The van der Waals surface area contributed by atoms with Crippen LogP contribution in [-0.4, -0.2) is 22.6 Å². The lowest BCUT2D eigenvalue weighted by atomic mass is 9.87. The van der Waals surface area contributed by atoms with Crippen LogP contribution in [0.5, 0.6) is 0 Å². The van der Waals surface area contributed by atoms with Gasteiger partial charge in [0.15, 0.2) is 0 Å². The number of rotatable bonds is 8. The van der Waals surface area contributed by atoms with E-state index in [-0.39, 0.29) is 25.2 Å². The molecule has 0 amide bonds. The number of hydrogen-bond donors (Lipinski definition) is 1. The molecule has 3 aromatic carbocycles. The number of hydrogen-bond acceptors (Lipinski definition) is 3. The summed E-state index contributed by atoms with van der Waals surface area (Å²) in [6.45, 7) is 5.41. The lowest BCUT2D eigenvalue weighted by molar-refractivity contribution is -0.144. The van der Waals surface area contributed by atoms with Crippen LogP contribution < -0.4 is 0 Å². The van der Waals surface area contributed by atoms with Crippen molar-refractivity contribution in [2.24, 2.45) is 0 Å². The lowest BCUT2D eigenvalue weighted by Gasteiger charge is -2.38. The normalized spacial score (nSPS) is 14.8. The average molecular weight is 424 g/mol. The third-order valence-electron chi connectivity index (χ3n) is 5.87. The molecule has 4 nitrogen and oxygen atoms in total. The summed E-state index contributed by atoms with van der Waals surface area (Å²) in [4.78, 5) is 23.1. The van der Waals surface area contributed by atoms with Crippen LogP contribution in [0.4, 0.5) is 0 Å². The molecular formula is C25H29O4P. The summed E-state index contributed by atoms with van der Waals surface area (Å²) in [7, 11) is -3.66. The van der Waals surface area contributed by atoms with Crippen LogP contribution in [0.15, 0.2) is 72.8 Å². The Labute approximate surface area is 178 Å². The lowest BCUT2D eigenvalue weighted by Crippen LogP contribution is -2.34. The quantitative estimate of drug-likeness (QED) is 0.349. The second-order valence-corrected chi connectivity index (χ2v) is 11.1. The van der Waals surface area contributed by atoms with Gasteiger partial charge < -0.3 is 9.63 Å². The van der Waals surface area contributed by atoms with Crippen LogP contribution in [-0.2, 0) is 20.3 Å². The summed E-state index contributed by atoms with van der Waals surface area (Å²) in [6, 6.07) is 23.4. The van der Waals surface area contributed by atoms with E-state index in [9.17, 15) is 14.3 Å². The maximum absolute atomic E-state index is 13.6. The Hall–Kier alpha value is -2.42. The van der Waals surface area contributed by atoms with E-state index in [1.807, 2.05) is 72.8 Å². The third kappa shape index (κ3) is 4.83. The summed E-state index contributed by atoms with van der Waals surface area (Å²) in [5.74, 6) is -0.732. The van der Waals surface area contributed by atoms with Crippen LogP contribution in [0, 0.1) is 0 Å². The van der Waals surface area contributed by atoms with Crippen LogP contribution in [0.1, 0.15) is 44.2 Å². The molecule has 0 aliphatic heterocycles. The maximum atomic E-state index is 13.6. The number of carbonyl (C=O) groups is 1. The van der Waals surface area contributed by atoms with Gasteiger partial charge in [-0.1, -0.05) is 93.6 Å². The van der Waals surface area contributed by atoms with Crippen molar-refractivity contribution in [1.82, 2.24) is 0 Å². The smallest absolute Gasteiger partial charge is 0.305 e. The van der Waals surface area contributed by atoms with Gasteiger partial charge in [0.1, 0.15) is 0 Å². The fraction of sp³-hybridized carbons (Fsp3) is 0.320. The molecule has 0 saturated heterocycles. The van der Waals surface area contributed by atoms with Crippen molar-refractivity contribution in [3.05, 3.63) is 83.9 Å². The highest BCUT2D eigenvalue weighted by Gasteiger charge is 2.46. The summed E-state index contributed by atoms with van der Waals surface area (Å²) < 4.78 is 19.1. The van der Waals surface area contributed by atoms with Gasteiger partial charge in [-0.15, -0.1) is 0 Å².